The molecular formula is C10H10ClN3O. The minimum absolute atomic E-state index is 0.412. The highest BCUT2D eigenvalue weighted by molar-refractivity contribution is 6.29. The minimum atomic E-state index is 0.412. The molecule has 0 atom stereocenters. The molecule has 1 aliphatic heterocycles. The van der Waals surface area contributed by atoms with Crippen LogP contribution >= 0.6 is 11.6 Å². The first-order valence-corrected chi connectivity index (χ1v) is 5.08. The van der Waals surface area contributed by atoms with Gasteiger partial charge in [0.2, 0.25) is 0 Å². The molecule has 15 heavy (non-hydrogen) atoms. The monoisotopic (exact) mass is 223 g/mol. The predicted octanol–water partition coefficient (Wildman–Crippen LogP) is 1.44. The molecule has 0 amide bonds. The molecule has 0 N–H and O–H groups in total. The second-order valence-corrected chi connectivity index (χ2v) is 3.60. The summed E-state index contributed by atoms with van der Waals surface area (Å²) in [5, 5.41) is 9.36. The molecule has 1 aromatic heterocycles. The van der Waals surface area contributed by atoms with Gasteiger partial charge in [0.1, 0.15) is 17.0 Å². The zero-order chi connectivity index (χ0) is 10.7. The van der Waals surface area contributed by atoms with Crippen molar-refractivity contribution in [2.24, 2.45) is 0 Å². The Morgan fingerprint density at radius 2 is 2.13 bits per heavy atom. The van der Waals surface area contributed by atoms with E-state index in [1.165, 1.54) is 0 Å². The average molecular weight is 224 g/mol. The number of ether oxygens (including phenoxy) is 1. The summed E-state index contributed by atoms with van der Waals surface area (Å²) in [5.41, 5.74) is 0.557. The van der Waals surface area contributed by atoms with Crippen molar-refractivity contribution in [3.8, 4) is 6.07 Å². The van der Waals surface area contributed by atoms with Gasteiger partial charge in [-0.05, 0) is 12.1 Å². The minimum Gasteiger partial charge on any atom is -0.378 e. The molecule has 0 saturated carbocycles. The molecule has 0 aliphatic carbocycles. The molecule has 1 saturated heterocycles. The van der Waals surface area contributed by atoms with Gasteiger partial charge in [0, 0.05) is 13.1 Å². The van der Waals surface area contributed by atoms with Gasteiger partial charge < -0.3 is 9.64 Å². The molecular weight excluding hydrogens is 214 g/mol. The van der Waals surface area contributed by atoms with Gasteiger partial charge in [-0.3, -0.25) is 0 Å². The number of hydrogen-bond donors (Lipinski definition) is 0. The molecule has 4 nitrogen and oxygen atoms in total. The molecule has 1 aromatic rings. The van der Waals surface area contributed by atoms with Gasteiger partial charge >= 0.3 is 0 Å². The molecule has 2 heterocycles. The van der Waals surface area contributed by atoms with E-state index >= 15 is 0 Å². The largest absolute Gasteiger partial charge is 0.378 e. The number of hydrogen-bond acceptors (Lipinski definition) is 4. The quantitative estimate of drug-likeness (QED) is 0.676. The Bertz CT molecular complexity index is 396. The fourth-order valence-corrected chi connectivity index (χ4v) is 1.67. The molecule has 0 spiro atoms. The summed E-state index contributed by atoms with van der Waals surface area (Å²) in [6.07, 6.45) is 0. The molecule has 1 aliphatic rings. The third-order valence-electron chi connectivity index (χ3n) is 2.27. The molecule has 78 valence electrons. The number of anilines is 1. The van der Waals surface area contributed by atoms with Crippen LogP contribution in [0.25, 0.3) is 0 Å². The van der Waals surface area contributed by atoms with E-state index in [-0.39, 0.29) is 0 Å². The fourth-order valence-electron chi connectivity index (χ4n) is 1.53. The van der Waals surface area contributed by atoms with Crippen LogP contribution in [0.15, 0.2) is 12.1 Å². The molecule has 1 fully saturated rings. The topological polar surface area (TPSA) is 49.2 Å². The van der Waals surface area contributed by atoms with Gasteiger partial charge in [0.15, 0.2) is 0 Å². The van der Waals surface area contributed by atoms with Gasteiger partial charge in [0.25, 0.3) is 0 Å². The fraction of sp³-hybridized carbons (Fsp3) is 0.400. The van der Waals surface area contributed by atoms with Crippen LogP contribution in [-0.4, -0.2) is 31.3 Å². The third kappa shape index (κ3) is 2.20. The van der Waals surface area contributed by atoms with Crippen LogP contribution in [0.4, 0.5) is 5.82 Å². The van der Waals surface area contributed by atoms with Crippen molar-refractivity contribution < 1.29 is 4.74 Å². The Labute approximate surface area is 93.0 Å². The summed E-state index contributed by atoms with van der Waals surface area (Å²) in [5.74, 6) is 0.660. The van der Waals surface area contributed by atoms with Gasteiger partial charge in [-0.25, -0.2) is 4.98 Å². The van der Waals surface area contributed by atoms with Crippen LogP contribution in [0.2, 0.25) is 5.15 Å². The Morgan fingerprint density at radius 3 is 2.80 bits per heavy atom. The zero-order valence-electron chi connectivity index (χ0n) is 8.11. The maximum absolute atomic E-state index is 8.95. The lowest BCUT2D eigenvalue weighted by atomic mass is 10.2. The number of rotatable bonds is 1. The van der Waals surface area contributed by atoms with Crippen molar-refractivity contribution in [1.82, 2.24) is 4.98 Å². The highest BCUT2D eigenvalue weighted by Crippen LogP contribution is 2.20. The summed E-state index contributed by atoms with van der Waals surface area (Å²) in [6, 6.07) is 5.44. The normalized spacial score (nSPS) is 16.1. The van der Waals surface area contributed by atoms with E-state index < -0.39 is 0 Å². The van der Waals surface area contributed by atoms with Gasteiger partial charge in [0.05, 0.1) is 18.8 Å². The van der Waals surface area contributed by atoms with Crippen molar-refractivity contribution in [2.45, 2.75) is 0 Å². The van der Waals surface area contributed by atoms with Crippen LogP contribution in [-0.2, 0) is 4.74 Å². The van der Waals surface area contributed by atoms with Crippen LogP contribution in [0.5, 0.6) is 0 Å². The Hall–Kier alpha value is -1.31. The van der Waals surface area contributed by atoms with E-state index in [0.717, 1.165) is 13.1 Å². The van der Waals surface area contributed by atoms with Crippen molar-refractivity contribution in [1.29, 1.82) is 5.26 Å². The van der Waals surface area contributed by atoms with E-state index in [9.17, 15) is 0 Å². The van der Waals surface area contributed by atoms with Gasteiger partial charge in [-0.2, -0.15) is 5.26 Å². The Kier molecular flexibility index (Phi) is 3.05. The highest BCUT2D eigenvalue weighted by Gasteiger charge is 2.16. The van der Waals surface area contributed by atoms with E-state index in [0.29, 0.717) is 29.7 Å². The standard InChI is InChI=1S/C10H10ClN3O/c11-9-2-1-8(7-12)10(13-9)14-3-5-15-6-4-14/h1-2H,3-6H2. The molecule has 2 rings (SSSR count). The number of aromatic nitrogens is 1. The highest BCUT2D eigenvalue weighted by atomic mass is 35.5. The SMILES string of the molecule is N#Cc1ccc(Cl)nc1N1CCOCC1. The number of nitrogens with zero attached hydrogens (tertiary/aromatic N) is 3. The van der Waals surface area contributed by atoms with Gasteiger partial charge in [-0.15, -0.1) is 0 Å². The Balaban J connectivity index is 2.32. The molecule has 0 unspecified atom stereocenters. The maximum atomic E-state index is 8.95. The van der Waals surface area contributed by atoms with E-state index in [4.69, 9.17) is 21.6 Å². The van der Waals surface area contributed by atoms with E-state index in [2.05, 4.69) is 11.1 Å². The summed E-state index contributed by atoms with van der Waals surface area (Å²) in [4.78, 5) is 6.20. The Morgan fingerprint density at radius 1 is 1.40 bits per heavy atom. The molecule has 5 heteroatoms. The van der Waals surface area contributed by atoms with Crippen molar-refractivity contribution in [3.63, 3.8) is 0 Å². The number of nitriles is 1. The summed E-state index contributed by atoms with van der Waals surface area (Å²) < 4.78 is 5.24. The average Bonchev–Trinajstić information content (AvgIpc) is 2.30. The lowest BCUT2D eigenvalue weighted by molar-refractivity contribution is 0.122. The second-order valence-electron chi connectivity index (χ2n) is 3.22. The predicted molar refractivity (Wildman–Crippen MR) is 57.0 cm³/mol. The van der Waals surface area contributed by atoms with E-state index in [1.807, 2.05) is 4.90 Å². The summed E-state index contributed by atoms with van der Waals surface area (Å²) >= 11 is 5.81. The van der Waals surface area contributed by atoms with Crippen LogP contribution in [0.1, 0.15) is 5.56 Å². The van der Waals surface area contributed by atoms with Gasteiger partial charge in [-0.1, -0.05) is 11.6 Å². The number of halogens is 1. The molecule has 0 aromatic carbocycles. The van der Waals surface area contributed by atoms with Crippen molar-refractivity contribution in [2.75, 3.05) is 31.2 Å². The smallest absolute Gasteiger partial charge is 0.148 e. The van der Waals surface area contributed by atoms with Crippen molar-refractivity contribution >= 4 is 17.4 Å². The molecule has 0 bridgehead atoms. The second kappa shape index (κ2) is 4.47. The summed E-state index contributed by atoms with van der Waals surface area (Å²) in [6.45, 7) is 2.84. The maximum Gasteiger partial charge on any atom is 0.148 e. The number of pyridine rings is 1. The third-order valence-corrected chi connectivity index (χ3v) is 2.48. The van der Waals surface area contributed by atoms with Crippen LogP contribution in [0.3, 0.4) is 0 Å². The molecule has 0 radical (unpaired) electrons. The zero-order valence-corrected chi connectivity index (χ0v) is 8.87. The first kappa shape index (κ1) is 10.2. The lowest BCUT2D eigenvalue weighted by Crippen LogP contribution is -2.37. The number of morpholine rings is 1. The first-order chi connectivity index (χ1) is 7.31. The lowest BCUT2D eigenvalue weighted by Gasteiger charge is -2.28. The first-order valence-electron chi connectivity index (χ1n) is 4.70. The van der Waals surface area contributed by atoms with E-state index in [1.54, 1.807) is 12.1 Å². The summed E-state index contributed by atoms with van der Waals surface area (Å²) in [7, 11) is 0. The van der Waals surface area contributed by atoms with Crippen LogP contribution < -0.4 is 4.90 Å². The van der Waals surface area contributed by atoms with Crippen LogP contribution in [0, 0.1) is 11.3 Å². The van der Waals surface area contributed by atoms with Crippen molar-refractivity contribution in [3.05, 3.63) is 22.8 Å².